The van der Waals surface area contributed by atoms with Crippen LogP contribution in [0.3, 0.4) is 0 Å². The molecule has 0 amide bonds. The molecule has 0 aliphatic carbocycles. The zero-order valence-corrected chi connectivity index (χ0v) is 22.2. The molecule has 2 aliphatic rings. The first-order chi connectivity index (χ1) is 15.2. The first kappa shape index (κ1) is 27.2. The molecule has 3 rings (SSSR count). The fourth-order valence-corrected chi connectivity index (χ4v) is 4.07. The average Bonchev–Trinajstić information content (AvgIpc) is 2.81. The van der Waals surface area contributed by atoms with E-state index in [1.54, 1.807) is 0 Å². The Morgan fingerprint density at radius 2 is 1.91 bits per heavy atom. The topological polar surface area (TPSA) is 55.3 Å². The summed E-state index contributed by atoms with van der Waals surface area (Å²) in [5.41, 5.74) is 1.26. The van der Waals surface area contributed by atoms with E-state index < -0.39 is 0 Å². The number of likely N-dealkylation sites (tertiary alicyclic amines) is 1. The van der Waals surface area contributed by atoms with E-state index in [-0.39, 0.29) is 24.0 Å². The number of aryl methyl sites for hydroxylation is 1. The molecule has 2 fully saturated rings. The van der Waals surface area contributed by atoms with E-state index in [0.29, 0.717) is 12.2 Å². The summed E-state index contributed by atoms with van der Waals surface area (Å²) in [7, 11) is 0. The number of piperidine rings is 1. The maximum Gasteiger partial charge on any atom is 0.193 e. The lowest BCUT2D eigenvalue weighted by Gasteiger charge is -2.35. The number of aliphatic imine (C=N–C) groups is 1. The summed E-state index contributed by atoms with van der Waals surface area (Å²) in [6, 6.07) is 8.24. The maximum atomic E-state index is 6.15. The van der Waals surface area contributed by atoms with Crippen LogP contribution in [0, 0.1) is 6.92 Å². The Labute approximate surface area is 211 Å². The van der Waals surface area contributed by atoms with Gasteiger partial charge in [0.25, 0.3) is 0 Å². The largest absolute Gasteiger partial charge is 0.494 e. The molecule has 0 saturated carbocycles. The maximum absolute atomic E-state index is 6.15. The molecule has 32 heavy (non-hydrogen) atoms. The highest BCUT2D eigenvalue weighted by Crippen LogP contribution is 2.18. The number of rotatable bonds is 10. The van der Waals surface area contributed by atoms with Gasteiger partial charge in [-0.1, -0.05) is 17.7 Å². The minimum atomic E-state index is 0. The molecule has 0 radical (unpaired) electrons. The van der Waals surface area contributed by atoms with E-state index in [9.17, 15) is 0 Å². The lowest BCUT2D eigenvalue weighted by Crippen LogP contribution is -2.47. The van der Waals surface area contributed by atoms with Crippen LogP contribution in [-0.4, -0.2) is 69.1 Å². The molecule has 7 heteroatoms. The zero-order chi connectivity index (χ0) is 21.7. The molecule has 1 atom stereocenters. The van der Waals surface area contributed by atoms with E-state index in [2.05, 4.69) is 36.2 Å². The zero-order valence-electron chi connectivity index (χ0n) is 19.9. The van der Waals surface area contributed by atoms with Crippen LogP contribution >= 0.6 is 24.0 Å². The van der Waals surface area contributed by atoms with Crippen LogP contribution in [0.1, 0.15) is 57.4 Å². The van der Waals surface area contributed by atoms with Crippen LogP contribution in [0.2, 0.25) is 0 Å². The van der Waals surface area contributed by atoms with Crippen LogP contribution < -0.4 is 10.1 Å². The van der Waals surface area contributed by atoms with Crippen molar-refractivity contribution in [2.75, 3.05) is 46.0 Å². The highest BCUT2D eigenvalue weighted by Gasteiger charge is 2.23. The molecule has 1 N–H and O–H groups in total. The van der Waals surface area contributed by atoms with Gasteiger partial charge in [0.15, 0.2) is 5.96 Å². The number of unbranched alkanes of at least 4 members (excludes halogenated alkanes) is 1. The molecule has 1 unspecified atom stereocenters. The predicted molar refractivity (Wildman–Crippen MR) is 141 cm³/mol. The summed E-state index contributed by atoms with van der Waals surface area (Å²) in [6.07, 6.45) is 8.42. The molecule has 2 heterocycles. The van der Waals surface area contributed by atoms with Gasteiger partial charge in [0.05, 0.1) is 25.4 Å². The Morgan fingerprint density at radius 1 is 1.12 bits per heavy atom. The summed E-state index contributed by atoms with van der Waals surface area (Å²) in [5.74, 6) is 1.98. The molecule has 2 saturated heterocycles. The molecule has 0 spiro atoms. The number of benzene rings is 1. The number of halogens is 1. The quantitative estimate of drug-likeness (QED) is 0.194. The standard InChI is InChI=1S/C25H41N3O3.HI/c1-3-26-25(27-15-5-7-19-29-22-11-9-21(2)10-12-22)28-16-13-23(14-17-28)31-20-24-8-4-6-18-30-24;/h9-12,23-24H,3-8,13-20H2,1-2H3,(H,26,27);1H. The Hall–Kier alpha value is -1.06. The Morgan fingerprint density at radius 3 is 2.59 bits per heavy atom. The summed E-state index contributed by atoms with van der Waals surface area (Å²) < 4.78 is 17.8. The molecule has 2 aliphatic heterocycles. The van der Waals surface area contributed by atoms with Crippen molar-refractivity contribution in [1.82, 2.24) is 10.2 Å². The van der Waals surface area contributed by atoms with Crippen molar-refractivity contribution in [2.24, 2.45) is 4.99 Å². The van der Waals surface area contributed by atoms with Crippen molar-refractivity contribution in [2.45, 2.75) is 71.0 Å². The number of ether oxygens (including phenoxy) is 3. The van der Waals surface area contributed by atoms with Gasteiger partial charge in [0.2, 0.25) is 0 Å². The van der Waals surface area contributed by atoms with Gasteiger partial charge >= 0.3 is 0 Å². The average molecular weight is 560 g/mol. The summed E-state index contributed by atoms with van der Waals surface area (Å²) in [4.78, 5) is 7.23. The number of hydrogen-bond acceptors (Lipinski definition) is 4. The summed E-state index contributed by atoms with van der Waals surface area (Å²) in [6.45, 7) is 10.3. The van der Waals surface area contributed by atoms with Crippen molar-refractivity contribution < 1.29 is 14.2 Å². The van der Waals surface area contributed by atoms with Crippen molar-refractivity contribution in [1.29, 1.82) is 0 Å². The van der Waals surface area contributed by atoms with Crippen LogP contribution in [0.5, 0.6) is 5.75 Å². The minimum absolute atomic E-state index is 0. The Bertz CT molecular complexity index is 642. The van der Waals surface area contributed by atoms with Gasteiger partial charge in [-0.15, -0.1) is 24.0 Å². The first-order valence-electron chi connectivity index (χ1n) is 12.2. The lowest BCUT2D eigenvalue weighted by molar-refractivity contribution is -0.0721. The molecule has 182 valence electrons. The van der Waals surface area contributed by atoms with Crippen LogP contribution in [0.4, 0.5) is 0 Å². The third-order valence-electron chi connectivity index (χ3n) is 5.97. The smallest absolute Gasteiger partial charge is 0.193 e. The molecular weight excluding hydrogens is 517 g/mol. The SMILES string of the molecule is CCNC(=NCCCCOc1ccc(C)cc1)N1CCC(OCC2CCCCO2)CC1.I. The third kappa shape index (κ3) is 9.83. The van der Waals surface area contributed by atoms with Crippen LogP contribution in [0.25, 0.3) is 0 Å². The predicted octanol–water partition coefficient (Wildman–Crippen LogP) is 4.79. The van der Waals surface area contributed by atoms with E-state index in [1.165, 1.54) is 18.4 Å². The fourth-order valence-electron chi connectivity index (χ4n) is 4.07. The highest BCUT2D eigenvalue weighted by molar-refractivity contribution is 14.0. The van der Waals surface area contributed by atoms with E-state index >= 15 is 0 Å². The number of nitrogens with zero attached hydrogens (tertiary/aromatic N) is 2. The Kier molecular flexibility index (Phi) is 13.4. The van der Waals surface area contributed by atoms with E-state index in [0.717, 1.165) is 89.8 Å². The molecule has 1 aromatic rings. The number of nitrogens with one attached hydrogen (secondary N) is 1. The molecule has 6 nitrogen and oxygen atoms in total. The summed E-state index contributed by atoms with van der Waals surface area (Å²) >= 11 is 0. The fraction of sp³-hybridized carbons (Fsp3) is 0.720. The normalized spacial score (nSPS) is 20.0. The highest BCUT2D eigenvalue weighted by atomic mass is 127. The van der Waals surface area contributed by atoms with Gasteiger partial charge in [-0.2, -0.15) is 0 Å². The second-order valence-corrected chi connectivity index (χ2v) is 8.61. The molecular formula is C25H42IN3O3. The molecule has 1 aromatic carbocycles. The Balaban J connectivity index is 0.00000363. The second-order valence-electron chi connectivity index (χ2n) is 8.61. The van der Waals surface area contributed by atoms with Gasteiger partial charge in [-0.3, -0.25) is 4.99 Å². The second kappa shape index (κ2) is 15.7. The number of hydrogen-bond donors (Lipinski definition) is 1. The molecule has 0 aromatic heterocycles. The minimum Gasteiger partial charge on any atom is -0.494 e. The van der Waals surface area contributed by atoms with Gasteiger partial charge in [-0.25, -0.2) is 0 Å². The summed E-state index contributed by atoms with van der Waals surface area (Å²) in [5, 5.41) is 3.46. The van der Waals surface area contributed by atoms with Crippen molar-refractivity contribution in [3.63, 3.8) is 0 Å². The monoisotopic (exact) mass is 559 g/mol. The first-order valence-corrected chi connectivity index (χ1v) is 12.2. The third-order valence-corrected chi connectivity index (χ3v) is 5.97. The van der Waals surface area contributed by atoms with Crippen molar-refractivity contribution in [3.05, 3.63) is 29.8 Å². The van der Waals surface area contributed by atoms with Gasteiger partial charge < -0.3 is 24.4 Å². The van der Waals surface area contributed by atoms with Crippen molar-refractivity contribution in [3.8, 4) is 5.75 Å². The van der Waals surface area contributed by atoms with Crippen LogP contribution in [0.15, 0.2) is 29.3 Å². The van der Waals surface area contributed by atoms with E-state index in [1.807, 2.05) is 12.1 Å². The van der Waals surface area contributed by atoms with Gasteiger partial charge in [0, 0.05) is 32.8 Å². The number of guanidine groups is 1. The van der Waals surface area contributed by atoms with Crippen molar-refractivity contribution >= 4 is 29.9 Å². The van der Waals surface area contributed by atoms with Crippen LogP contribution in [-0.2, 0) is 9.47 Å². The van der Waals surface area contributed by atoms with Gasteiger partial charge in [0.1, 0.15) is 5.75 Å². The lowest BCUT2D eigenvalue weighted by atomic mass is 10.1. The van der Waals surface area contributed by atoms with E-state index in [4.69, 9.17) is 19.2 Å². The van der Waals surface area contributed by atoms with Gasteiger partial charge in [-0.05, 0) is 70.9 Å². The molecule has 0 bridgehead atoms.